The second-order valence-corrected chi connectivity index (χ2v) is 8.63. The molecule has 1 aromatic heterocycles. The molecule has 1 atom stereocenters. The molecule has 182 valence electrons. The Balaban J connectivity index is 1.51. The Morgan fingerprint density at radius 3 is 2.47 bits per heavy atom. The van der Waals surface area contributed by atoms with E-state index in [1.807, 2.05) is 54.6 Å². The van der Waals surface area contributed by atoms with Crippen molar-refractivity contribution in [3.8, 4) is 16.3 Å². The van der Waals surface area contributed by atoms with Gasteiger partial charge in [0, 0.05) is 29.7 Å². The molecule has 36 heavy (non-hydrogen) atoms. The number of carbonyl (C=O) groups is 2. The monoisotopic (exact) mass is 503 g/mol. The number of amides is 2. The van der Waals surface area contributed by atoms with Gasteiger partial charge in [0.25, 0.3) is 11.6 Å². The maximum atomic E-state index is 13.2. The van der Waals surface area contributed by atoms with Crippen LogP contribution in [-0.2, 0) is 11.2 Å². The van der Waals surface area contributed by atoms with E-state index in [4.69, 9.17) is 4.74 Å². The van der Waals surface area contributed by atoms with Crippen molar-refractivity contribution in [3.05, 3.63) is 100 Å². The van der Waals surface area contributed by atoms with Gasteiger partial charge in [-0.25, -0.2) is 0 Å². The fraction of sp³-hybridized carbons (Fsp3) is 0.120. The van der Waals surface area contributed by atoms with Crippen molar-refractivity contribution >= 4 is 34.0 Å². The highest BCUT2D eigenvalue weighted by Gasteiger charge is 2.24. The minimum absolute atomic E-state index is 0.131. The van der Waals surface area contributed by atoms with Crippen LogP contribution in [0.25, 0.3) is 10.6 Å². The first kappa shape index (κ1) is 24.5. The van der Waals surface area contributed by atoms with Gasteiger partial charge in [0.05, 0.1) is 12.0 Å². The molecular formula is C25H21N5O5S. The van der Waals surface area contributed by atoms with Gasteiger partial charge < -0.3 is 10.1 Å². The molecule has 0 fully saturated rings. The topological polar surface area (TPSA) is 136 Å². The van der Waals surface area contributed by atoms with Gasteiger partial charge >= 0.3 is 0 Å². The number of nitro groups is 1. The van der Waals surface area contributed by atoms with Gasteiger partial charge in [-0.15, -0.1) is 10.2 Å². The van der Waals surface area contributed by atoms with Crippen LogP contribution in [0.2, 0.25) is 0 Å². The highest BCUT2D eigenvalue weighted by atomic mass is 32.1. The van der Waals surface area contributed by atoms with E-state index in [0.29, 0.717) is 10.8 Å². The highest BCUT2D eigenvalue weighted by molar-refractivity contribution is 7.18. The second-order valence-electron chi connectivity index (χ2n) is 7.65. The summed E-state index contributed by atoms with van der Waals surface area (Å²) >= 11 is 1.19. The Bertz CT molecular complexity index is 1380. The lowest BCUT2D eigenvalue weighted by atomic mass is 10.0. The number of rotatable bonds is 9. The fourth-order valence-corrected chi connectivity index (χ4v) is 4.12. The molecule has 4 rings (SSSR count). The number of nitrogens with one attached hydrogen (secondary N) is 2. The zero-order valence-corrected chi connectivity index (χ0v) is 19.9. The molecule has 0 bridgehead atoms. The summed E-state index contributed by atoms with van der Waals surface area (Å²) in [6.07, 6.45) is 0.229. The summed E-state index contributed by atoms with van der Waals surface area (Å²) in [4.78, 5) is 36.4. The summed E-state index contributed by atoms with van der Waals surface area (Å²) in [6, 6.07) is 20.8. The van der Waals surface area contributed by atoms with Gasteiger partial charge in [-0.1, -0.05) is 53.8 Å². The first-order valence-corrected chi connectivity index (χ1v) is 11.6. The van der Waals surface area contributed by atoms with Gasteiger partial charge in [0.15, 0.2) is 0 Å². The van der Waals surface area contributed by atoms with Crippen molar-refractivity contribution in [2.45, 2.75) is 12.5 Å². The Morgan fingerprint density at radius 1 is 1.03 bits per heavy atom. The number of carbonyl (C=O) groups excluding carboxylic acids is 2. The summed E-state index contributed by atoms with van der Waals surface area (Å²) in [7, 11) is 1.57. The largest absolute Gasteiger partial charge is 0.497 e. The van der Waals surface area contributed by atoms with Crippen LogP contribution >= 0.6 is 11.3 Å². The number of methoxy groups -OCH3 is 1. The number of nitrogens with zero attached hydrogens (tertiary/aromatic N) is 3. The van der Waals surface area contributed by atoms with Crippen molar-refractivity contribution in [1.29, 1.82) is 0 Å². The zero-order chi connectivity index (χ0) is 25.5. The minimum atomic E-state index is -0.931. The molecule has 0 radical (unpaired) electrons. The second kappa shape index (κ2) is 11.2. The van der Waals surface area contributed by atoms with Gasteiger partial charge in [0.2, 0.25) is 11.0 Å². The summed E-state index contributed by atoms with van der Waals surface area (Å²) in [5, 5.41) is 25.4. The number of aromatic nitrogens is 2. The predicted octanol–water partition coefficient (Wildman–Crippen LogP) is 4.10. The molecule has 3 aromatic carbocycles. The van der Waals surface area contributed by atoms with Crippen LogP contribution in [0.3, 0.4) is 0 Å². The van der Waals surface area contributed by atoms with Crippen LogP contribution in [0.5, 0.6) is 5.75 Å². The van der Waals surface area contributed by atoms with Crippen LogP contribution in [-0.4, -0.2) is 40.1 Å². The molecule has 2 amide bonds. The molecule has 0 saturated carbocycles. The minimum Gasteiger partial charge on any atom is -0.497 e. The van der Waals surface area contributed by atoms with Crippen molar-refractivity contribution in [3.63, 3.8) is 0 Å². The first-order valence-electron chi connectivity index (χ1n) is 10.8. The average molecular weight is 504 g/mol. The number of benzene rings is 3. The lowest BCUT2D eigenvalue weighted by Gasteiger charge is -2.18. The Labute approximate surface area is 210 Å². The Hall–Kier alpha value is -4.64. The quantitative estimate of drug-likeness (QED) is 0.259. The van der Waals surface area contributed by atoms with Crippen molar-refractivity contribution < 1.29 is 19.2 Å². The molecular weight excluding hydrogens is 482 g/mol. The molecule has 0 aliphatic rings. The molecule has 0 spiro atoms. The molecule has 0 aliphatic carbocycles. The third-order valence-electron chi connectivity index (χ3n) is 5.22. The van der Waals surface area contributed by atoms with Crippen LogP contribution in [0, 0.1) is 10.1 Å². The molecule has 0 aliphatic heterocycles. The predicted molar refractivity (Wildman–Crippen MR) is 135 cm³/mol. The molecule has 10 nitrogen and oxygen atoms in total. The molecule has 4 aromatic rings. The van der Waals surface area contributed by atoms with Crippen molar-refractivity contribution in [2.24, 2.45) is 0 Å². The molecule has 0 saturated heterocycles. The lowest BCUT2D eigenvalue weighted by Crippen LogP contribution is -2.45. The van der Waals surface area contributed by atoms with Crippen LogP contribution in [0.4, 0.5) is 10.8 Å². The van der Waals surface area contributed by atoms with E-state index in [1.54, 1.807) is 7.11 Å². The van der Waals surface area contributed by atoms with E-state index < -0.39 is 22.8 Å². The Morgan fingerprint density at radius 2 is 1.78 bits per heavy atom. The lowest BCUT2D eigenvalue weighted by molar-refractivity contribution is -0.384. The number of non-ortho nitro benzene ring substituents is 1. The third kappa shape index (κ3) is 6.07. The fourth-order valence-electron chi connectivity index (χ4n) is 3.37. The van der Waals surface area contributed by atoms with Gasteiger partial charge in [-0.3, -0.25) is 25.0 Å². The number of ether oxygens (including phenoxy) is 1. The zero-order valence-electron chi connectivity index (χ0n) is 19.1. The van der Waals surface area contributed by atoms with Crippen LogP contribution in [0.1, 0.15) is 15.9 Å². The smallest absolute Gasteiger partial charge is 0.269 e. The maximum absolute atomic E-state index is 13.2. The molecule has 11 heteroatoms. The third-order valence-corrected chi connectivity index (χ3v) is 6.10. The van der Waals surface area contributed by atoms with E-state index in [1.165, 1.54) is 35.6 Å². The van der Waals surface area contributed by atoms with Crippen LogP contribution < -0.4 is 15.4 Å². The highest BCUT2D eigenvalue weighted by Crippen LogP contribution is 2.28. The number of nitro benzene ring substituents is 1. The van der Waals surface area contributed by atoms with Gasteiger partial charge in [-0.05, 0) is 29.8 Å². The summed E-state index contributed by atoms with van der Waals surface area (Å²) in [6.45, 7) is 0. The summed E-state index contributed by atoms with van der Waals surface area (Å²) in [5.41, 5.74) is 1.70. The SMILES string of the molecule is COc1cccc(-c2nnc(NC(=O)[C@H](Cc3ccccc3)NC(=O)c3ccc([N+](=O)[O-])cc3)s2)c1. The van der Waals surface area contributed by atoms with E-state index in [2.05, 4.69) is 20.8 Å². The molecule has 2 N–H and O–H groups in total. The van der Waals surface area contributed by atoms with Crippen molar-refractivity contribution in [2.75, 3.05) is 12.4 Å². The first-order chi connectivity index (χ1) is 17.4. The standard InChI is InChI=1S/C25H21N5O5S/c1-35-20-9-5-8-18(15-20)24-28-29-25(36-24)27-23(32)21(14-16-6-3-2-4-7-16)26-22(31)17-10-12-19(13-11-17)30(33)34/h2-13,15,21H,14H2,1H3,(H,26,31)(H,27,29,32)/t21-/m0/s1. The van der Waals surface area contributed by atoms with Gasteiger partial charge in [-0.2, -0.15) is 0 Å². The normalized spacial score (nSPS) is 11.4. The van der Waals surface area contributed by atoms with Gasteiger partial charge in [0.1, 0.15) is 16.8 Å². The number of hydrogen-bond donors (Lipinski definition) is 2. The van der Waals surface area contributed by atoms with Crippen LogP contribution in [0.15, 0.2) is 78.9 Å². The molecule has 1 heterocycles. The van der Waals surface area contributed by atoms with Crippen molar-refractivity contribution in [1.82, 2.24) is 15.5 Å². The Kier molecular flexibility index (Phi) is 7.61. The number of hydrogen-bond acceptors (Lipinski definition) is 8. The maximum Gasteiger partial charge on any atom is 0.269 e. The molecule has 0 unspecified atom stereocenters. The van der Waals surface area contributed by atoms with E-state index in [0.717, 1.165) is 11.1 Å². The average Bonchev–Trinajstić information content (AvgIpc) is 3.37. The van der Waals surface area contributed by atoms with E-state index in [-0.39, 0.29) is 22.8 Å². The number of anilines is 1. The summed E-state index contributed by atoms with van der Waals surface area (Å²) < 4.78 is 5.24. The summed E-state index contributed by atoms with van der Waals surface area (Å²) in [5.74, 6) is -0.331. The van der Waals surface area contributed by atoms with E-state index >= 15 is 0 Å². The van der Waals surface area contributed by atoms with E-state index in [9.17, 15) is 19.7 Å².